The summed E-state index contributed by atoms with van der Waals surface area (Å²) in [5.41, 5.74) is 0. The summed E-state index contributed by atoms with van der Waals surface area (Å²) in [4.78, 5) is 11.9. The van der Waals surface area contributed by atoms with Gasteiger partial charge < -0.3 is 0 Å². The van der Waals surface area contributed by atoms with Gasteiger partial charge in [0.25, 0.3) is 0 Å². The molecule has 0 radical (unpaired) electrons. The molecule has 3 saturated carbocycles. The molecule has 18 heavy (non-hydrogen) atoms. The van der Waals surface area contributed by atoms with Crippen molar-refractivity contribution in [3.05, 3.63) is 12.2 Å². The van der Waals surface area contributed by atoms with Crippen molar-refractivity contribution in [2.45, 2.75) is 51.4 Å². The molecule has 1 heteroatoms. The monoisotopic (exact) mass is 244 g/mol. The first-order valence-corrected chi connectivity index (χ1v) is 8.06. The van der Waals surface area contributed by atoms with Crippen molar-refractivity contribution in [2.24, 2.45) is 35.5 Å². The van der Waals surface area contributed by atoms with E-state index in [0.29, 0.717) is 17.6 Å². The van der Waals surface area contributed by atoms with Crippen LogP contribution in [0.5, 0.6) is 0 Å². The normalized spacial score (nSPS) is 50.6. The highest BCUT2D eigenvalue weighted by Crippen LogP contribution is 2.55. The Bertz CT molecular complexity index is 383. The van der Waals surface area contributed by atoms with Crippen molar-refractivity contribution in [3.8, 4) is 0 Å². The third kappa shape index (κ3) is 1.55. The predicted molar refractivity (Wildman–Crippen MR) is 72.0 cm³/mol. The average Bonchev–Trinajstić information content (AvgIpc) is 2.80. The van der Waals surface area contributed by atoms with Gasteiger partial charge in [-0.25, -0.2) is 0 Å². The molecule has 0 heterocycles. The van der Waals surface area contributed by atoms with Gasteiger partial charge in [0, 0.05) is 5.92 Å². The van der Waals surface area contributed by atoms with Crippen molar-refractivity contribution >= 4 is 5.78 Å². The van der Waals surface area contributed by atoms with Crippen LogP contribution in [0.25, 0.3) is 0 Å². The number of rotatable bonds is 0. The van der Waals surface area contributed by atoms with Gasteiger partial charge in [-0.1, -0.05) is 25.3 Å². The van der Waals surface area contributed by atoms with E-state index in [-0.39, 0.29) is 0 Å². The summed E-state index contributed by atoms with van der Waals surface area (Å²) >= 11 is 0. The Morgan fingerprint density at radius 3 is 2.61 bits per heavy atom. The van der Waals surface area contributed by atoms with E-state index >= 15 is 0 Å². The molecule has 3 fully saturated rings. The molecule has 0 saturated heterocycles. The third-order valence-corrected chi connectivity index (χ3v) is 6.56. The van der Waals surface area contributed by atoms with E-state index in [1.807, 2.05) is 6.08 Å². The molecule has 4 aliphatic rings. The van der Waals surface area contributed by atoms with Crippen molar-refractivity contribution in [1.29, 1.82) is 0 Å². The van der Waals surface area contributed by atoms with Crippen molar-refractivity contribution < 1.29 is 4.79 Å². The number of carbonyl (C=O) groups is 1. The zero-order valence-electron chi connectivity index (χ0n) is 11.2. The molecule has 98 valence electrons. The molecule has 0 bridgehead atoms. The minimum atomic E-state index is 0.381. The van der Waals surface area contributed by atoms with Gasteiger partial charge in [0.15, 0.2) is 5.78 Å². The summed E-state index contributed by atoms with van der Waals surface area (Å²) in [6.45, 7) is 0. The highest BCUT2D eigenvalue weighted by molar-refractivity contribution is 5.94. The Hall–Kier alpha value is -0.590. The lowest BCUT2D eigenvalue weighted by molar-refractivity contribution is -0.121. The first kappa shape index (κ1) is 11.3. The van der Waals surface area contributed by atoms with E-state index < -0.39 is 0 Å². The number of hydrogen-bond acceptors (Lipinski definition) is 1. The average molecular weight is 244 g/mol. The Kier molecular flexibility index (Phi) is 2.63. The molecule has 0 aromatic heterocycles. The molecular weight excluding hydrogens is 220 g/mol. The van der Waals surface area contributed by atoms with E-state index in [9.17, 15) is 4.79 Å². The first-order chi connectivity index (χ1) is 8.84. The van der Waals surface area contributed by atoms with Crippen LogP contribution in [-0.4, -0.2) is 5.78 Å². The second-order valence-corrected chi connectivity index (χ2v) is 7.14. The molecular formula is C17H24O. The fraction of sp³-hybridized carbons (Fsp3) is 0.824. The van der Waals surface area contributed by atoms with Gasteiger partial charge in [-0.3, -0.25) is 4.79 Å². The molecule has 1 nitrogen and oxygen atoms in total. The largest absolute Gasteiger partial charge is 0.295 e. The van der Waals surface area contributed by atoms with Gasteiger partial charge in [-0.05, 0) is 67.8 Å². The highest BCUT2D eigenvalue weighted by Gasteiger charge is 2.49. The highest BCUT2D eigenvalue weighted by atomic mass is 16.1. The number of allylic oxidation sites excluding steroid dienone is 2. The minimum absolute atomic E-state index is 0.381. The number of ketones is 1. The second-order valence-electron chi connectivity index (χ2n) is 7.14. The van der Waals surface area contributed by atoms with Crippen LogP contribution in [0.4, 0.5) is 0 Å². The van der Waals surface area contributed by atoms with E-state index in [2.05, 4.69) is 6.08 Å². The molecule has 6 atom stereocenters. The summed E-state index contributed by atoms with van der Waals surface area (Å²) in [6, 6.07) is 0. The number of hydrogen-bond donors (Lipinski definition) is 0. The molecule has 4 aliphatic carbocycles. The van der Waals surface area contributed by atoms with E-state index in [4.69, 9.17) is 0 Å². The van der Waals surface area contributed by atoms with E-state index in [0.717, 1.165) is 23.7 Å². The topological polar surface area (TPSA) is 17.1 Å². The quantitative estimate of drug-likeness (QED) is 0.630. The van der Waals surface area contributed by atoms with Gasteiger partial charge in [-0.15, -0.1) is 0 Å². The van der Waals surface area contributed by atoms with Crippen molar-refractivity contribution in [3.63, 3.8) is 0 Å². The van der Waals surface area contributed by atoms with Crippen LogP contribution >= 0.6 is 0 Å². The van der Waals surface area contributed by atoms with Gasteiger partial charge >= 0.3 is 0 Å². The Morgan fingerprint density at radius 1 is 0.833 bits per heavy atom. The molecule has 0 aliphatic heterocycles. The van der Waals surface area contributed by atoms with Gasteiger partial charge in [0.2, 0.25) is 0 Å². The maximum absolute atomic E-state index is 11.9. The molecule has 0 aromatic rings. The molecule has 0 amide bonds. The predicted octanol–water partition coefficient (Wildman–Crippen LogP) is 3.98. The zero-order valence-corrected chi connectivity index (χ0v) is 11.2. The lowest BCUT2D eigenvalue weighted by Crippen LogP contribution is -2.44. The first-order valence-electron chi connectivity index (χ1n) is 8.06. The third-order valence-electron chi connectivity index (χ3n) is 6.56. The van der Waals surface area contributed by atoms with Crippen LogP contribution < -0.4 is 0 Å². The maximum atomic E-state index is 11.9. The minimum Gasteiger partial charge on any atom is -0.295 e. The molecule has 0 N–H and O–H groups in total. The standard InChI is InChI=1S/C17H24O/c18-17-10-9-15-14-6-5-11-3-1-2-4-12(11)13(14)7-8-16(15)17/h9-16H,1-8H2. The maximum Gasteiger partial charge on any atom is 0.159 e. The summed E-state index contributed by atoms with van der Waals surface area (Å²) < 4.78 is 0. The lowest BCUT2D eigenvalue weighted by Gasteiger charge is -2.51. The van der Waals surface area contributed by atoms with E-state index in [1.165, 1.54) is 51.4 Å². The molecule has 0 aromatic carbocycles. The summed E-state index contributed by atoms with van der Waals surface area (Å²) in [7, 11) is 0. The zero-order chi connectivity index (χ0) is 12.1. The van der Waals surface area contributed by atoms with E-state index in [1.54, 1.807) is 0 Å². The van der Waals surface area contributed by atoms with Crippen LogP contribution in [0.1, 0.15) is 51.4 Å². The Labute approximate surface area is 110 Å². The van der Waals surface area contributed by atoms with Crippen LogP contribution in [-0.2, 0) is 4.79 Å². The van der Waals surface area contributed by atoms with Crippen molar-refractivity contribution in [2.75, 3.05) is 0 Å². The van der Waals surface area contributed by atoms with Crippen molar-refractivity contribution in [1.82, 2.24) is 0 Å². The fourth-order valence-corrected chi connectivity index (χ4v) is 5.80. The molecule has 4 rings (SSSR count). The second kappa shape index (κ2) is 4.21. The summed E-state index contributed by atoms with van der Waals surface area (Å²) in [5, 5.41) is 0. The summed E-state index contributed by atoms with van der Waals surface area (Å²) in [6.07, 6.45) is 15.5. The van der Waals surface area contributed by atoms with Gasteiger partial charge in [0.1, 0.15) is 0 Å². The fourth-order valence-electron chi connectivity index (χ4n) is 5.80. The molecule has 6 unspecified atom stereocenters. The van der Waals surface area contributed by atoms with Crippen LogP contribution in [0.2, 0.25) is 0 Å². The number of carbonyl (C=O) groups excluding carboxylic acids is 1. The lowest BCUT2D eigenvalue weighted by atomic mass is 9.54. The van der Waals surface area contributed by atoms with Gasteiger partial charge in [-0.2, -0.15) is 0 Å². The van der Waals surface area contributed by atoms with Crippen LogP contribution in [0.3, 0.4) is 0 Å². The smallest absolute Gasteiger partial charge is 0.159 e. The van der Waals surface area contributed by atoms with Crippen LogP contribution in [0.15, 0.2) is 12.2 Å². The van der Waals surface area contributed by atoms with Gasteiger partial charge in [0.05, 0.1) is 0 Å². The summed E-state index contributed by atoms with van der Waals surface area (Å²) in [5.74, 6) is 5.31. The Morgan fingerprint density at radius 2 is 1.67 bits per heavy atom. The Balaban J connectivity index is 1.59. The number of fused-ring (bicyclic) bond motifs is 5. The molecule has 0 spiro atoms. The van der Waals surface area contributed by atoms with Crippen LogP contribution in [0, 0.1) is 35.5 Å². The SMILES string of the molecule is O=C1C=CC2C1CCC1C3CCCCC3CCC21.